The van der Waals surface area contributed by atoms with Gasteiger partial charge in [0, 0.05) is 0 Å². The molecule has 13 heteroatoms. The normalized spacial score (nSPS) is 18.5. The molecule has 0 spiro atoms. The van der Waals surface area contributed by atoms with Gasteiger partial charge in [-0.05, 0) is 23.6 Å². The first-order valence-electron chi connectivity index (χ1n) is 9.80. The zero-order valence-electron chi connectivity index (χ0n) is 17.8. The largest absolute Gasteiger partial charge is 0.445 e. The topological polar surface area (TPSA) is 94.2 Å². The minimum Gasteiger partial charge on any atom is -0.325 e. The number of rotatable bonds is 4. The Hall–Kier alpha value is -3.32. The van der Waals surface area contributed by atoms with Gasteiger partial charge in [0.05, 0.1) is 36.0 Å². The Balaban J connectivity index is 1.61. The molecule has 34 heavy (non-hydrogen) atoms. The van der Waals surface area contributed by atoms with E-state index >= 15 is 0 Å². The number of hydrogen-bond acceptors (Lipinski definition) is 7. The fourth-order valence-corrected chi connectivity index (χ4v) is 4.90. The van der Waals surface area contributed by atoms with Gasteiger partial charge in [0.1, 0.15) is 5.04 Å². The van der Waals surface area contributed by atoms with Crippen molar-refractivity contribution in [3.63, 3.8) is 0 Å². The number of carbonyl (C=O) groups is 3. The SMILES string of the molecule is CN1C(=O)C2C(SCC(=O)Nc3ccccc3C(F)(F)F)=NC(c3cccs3)=NC2=[N+](C)C1=O. The van der Waals surface area contributed by atoms with Gasteiger partial charge in [-0.2, -0.15) is 22.6 Å². The van der Waals surface area contributed by atoms with Gasteiger partial charge in [-0.25, -0.2) is 9.79 Å². The summed E-state index contributed by atoms with van der Waals surface area (Å²) in [6.07, 6.45) is -4.63. The summed E-state index contributed by atoms with van der Waals surface area (Å²) in [4.78, 5) is 48.3. The molecular weight excluding hydrogens is 491 g/mol. The molecule has 4 rings (SSSR count). The molecule has 0 saturated carbocycles. The first kappa shape index (κ1) is 23.8. The van der Waals surface area contributed by atoms with Crippen LogP contribution in [0.1, 0.15) is 10.4 Å². The smallest absolute Gasteiger partial charge is 0.325 e. The van der Waals surface area contributed by atoms with Crippen molar-refractivity contribution in [3.05, 3.63) is 52.2 Å². The molecule has 0 bridgehead atoms. The first-order chi connectivity index (χ1) is 16.1. The van der Waals surface area contributed by atoms with Crippen molar-refractivity contribution in [3.8, 4) is 0 Å². The molecule has 1 atom stereocenters. The molecular formula is C21H17F3N5O3S2+. The Morgan fingerprint density at radius 1 is 1.21 bits per heavy atom. The van der Waals surface area contributed by atoms with E-state index in [1.165, 1.54) is 42.1 Å². The second kappa shape index (κ2) is 9.14. The third kappa shape index (κ3) is 4.53. The number of urea groups is 1. The van der Waals surface area contributed by atoms with Crippen LogP contribution in [0, 0.1) is 5.92 Å². The van der Waals surface area contributed by atoms with Gasteiger partial charge >= 0.3 is 18.1 Å². The third-order valence-corrected chi connectivity index (χ3v) is 6.93. The van der Waals surface area contributed by atoms with Crippen LogP contribution in [0.15, 0.2) is 51.8 Å². The fourth-order valence-electron chi connectivity index (χ4n) is 3.37. The van der Waals surface area contributed by atoms with Gasteiger partial charge in [-0.15, -0.1) is 11.3 Å². The van der Waals surface area contributed by atoms with Crippen LogP contribution < -0.4 is 5.32 Å². The molecule has 0 radical (unpaired) electrons. The number of alkyl halides is 3. The highest BCUT2D eigenvalue weighted by Crippen LogP contribution is 2.35. The predicted molar refractivity (Wildman–Crippen MR) is 124 cm³/mol. The summed E-state index contributed by atoms with van der Waals surface area (Å²) in [6.45, 7) is 0. The molecule has 3 heterocycles. The lowest BCUT2D eigenvalue weighted by molar-refractivity contribution is -0.407. The molecule has 1 aromatic carbocycles. The number of halogens is 3. The van der Waals surface area contributed by atoms with Gasteiger partial charge in [0.2, 0.25) is 11.7 Å². The Labute approximate surface area is 199 Å². The maximum absolute atomic E-state index is 13.2. The maximum Gasteiger partial charge on any atom is 0.445 e. The van der Waals surface area contributed by atoms with Crippen molar-refractivity contribution < 1.29 is 32.1 Å². The van der Waals surface area contributed by atoms with Gasteiger partial charge in [0.25, 0.3) is 5.84 Å². The Morgan fingerprint density at radius 3 is 2.62 bits per heavy atom. The predicted octanol–water partition coefficient (Wildman–Crippen LogP) is 3.55. The number of hydrogen-bond donors (Lipinski definition) is 1. The van der Waals surface area contributed by atoms with Crippen molar-refractivity contribution in [1.82, 2.24) is 4.90 Å². The number of anilines is 1. The number of nitrogens with one attached hydrogen (secondary N) is 1. The van der Waals surface area contributed by atoms with Crippen LogP contribution in [0.2, 0.25) is 0 Å². The quantitative estimate of drug-likeness (QED) is 0.640. The molecule has 1 unspecified atom stereocenters. The number of carbonyl (C=O) groups excluding carboxylic acids is 3. The van der Waals surface area contributed by atoms with Crippen molar-refractivity contribution in [1.29, 1.82) is 0 Å². The van der Waals surface area contributed by atoms with E-state index in [1.807, 2.05) is 5.38 Å². The summed E-state index contributed by atoms with van der Waals surface area (Å²) in [7, 11) is 2.82. The zero-order chi connectivity index (χ0) is 24.6. The van der Waals surface area contributed by atoms with Crippen LogP contribution >= 0.6 is 23.1 Å². The number of imide groups is 1. The van der Waals surface area contributed by atoms with E-state index in [4.69, 9.17) is 0 Å². The number of thiophene rings is 1. The lowest BCUT2D eigenvalue weighted by Gasteiger charge is -2.26. The van der Waals surface area contributed by atoms with E-state index < -0.39 is 35.5 Å². The summed E-state index contributed by atoms with van der Waals surface area (Å²) in [5.74, 6) is -2.10. The lowest BCUT2D eigenvalue weighted by atomic mass is 10.0. The summed E-state index contributed by atoms with van der Waals surface area (Å²) in [5.41, 5.74) is -1.33. The number of para-hydroxylation sites is 1. The third-order valence-electron chi connectivity index (χ3n) is 5.04. The van der Waals surface area contributed by atoms with E-state index in [1.54, 1.807) is 12.1 Å². The molecule has 0 saturated heterocycles. The van der Waals surface area contributed by atoms with Crippen molar-refractivity contribution in [2.75, 3.05) is 25.2 Å². The minimum absolute atomic E-state index is 0.178. The van der Waals surface area contributed by atoms with Crippen LogP contribution in [0.4, 0.5) is 23.7 Å². The molecule has 8 nitrogen and oxygen atoms in total. The van der Waals surface area contributed by atoms with Gasteiger partial charge < -0.3 is 5.32 Å². The summed E-state index contributed by atoms with van der Waals surface area (Å²) >= 11 is 2.27. The number of fused-ring (bicyclic) bond motifs is 1. The van der Waals surface area contributed by atoms with E-state index in [9.17, 15) is 27.6 Å². The number of benzene rings is 1. The number of nitrogens with zero attached hydrogens (tertiary/aromatic N) is 4. The molecule has 176 valence electrons. The number of amidine groups is 2. The molecule has 1 N–H and O–H groups in total. The fraction of sp³-hybridized carbons (Fsp3) is 0.238. The number of thioether (sulfide) groups is 1. The van der Waals surface area contributed by atoms with E-state index in [0.29, 0.717) is 4.88 Å². The zero-order valence-corrected chi connectivity index (χ0v) is 19.4. The Morgan fingerprint density at radius 2 is 1.94 bits per heavy atom. The molecule has 1 aromatic heterocycles. The molecule has 2 aliphatic rings. The van der Waals surface area contributed by atoms with Crippen molar-refractivity contribution in [2.24, 2.45) is 15.9 Å². The van der Waals surface area contributed by atoms with Gasteiger partial charge in [-0.1, -0.05) is 35.0 Å². The highest BCUT2D eigenvalue weighted by atomic mass is 32.2. The van der Waals surface area contributed by atoms with Crippen LogP contribution in [0.3, 0.4) is 0 Å². The summed E-state index contributed by atoms with van der Waals surface area (Å²) in [5, 5.41) is 4.32. The lowest BCUT2D eigenvalue weighted by Crippen LogP contribution is -2.54. The van der Waals surface area contributed by atoms with E-state index in [-0.39, 0.29) is 28.2 Å². The van der Waals surface area contributed by atoms with Crippen LogP contribution in [-0.4, -0.2) is 63.9 Å². The van der Waals surface area contributed by atoms with E-state index in [2.05, 4.69) is 15.3 Å². The van der Waals surface area contributed by atoms with Crippen molar-refractivity contribution in [2.45, 2.75) is 6.18 Å². The monoisotopic (exact) mass is 508 g/mol. The molecule has 2 aromatic rings. The molecule has 0 fully saturated rings. The van der Waals surface area contributed by atoms with Crippen LogP contribution in [0.5, 0.6) is 0 Å². The Kier molecular flexibility index (Phi) is 6.41. The average Bonchev–Trinajstić information content (AvgIpc) is 3.34. The molecule has 0 aliphatic carbocycles. The maximum atomic E-state index is 13.2. The van der Waals surface area contributed by atoms with Crippen LogP contribution in [-0.2, 0) is 15.8 Å². The Bertz CT molecular complexity index is 1270. The second-order valence-electron chi connectivity index (χ2n) is 7.27. The second-order valence-corrected chi connectivity index (χ2v) is 9.22. The average molecular weight is 509 g/mol. The van der Waals surface area contributed by atoms with Crippen molar-refractivity contribution >= 4 is 63.3 Å². The molecule has 4 amide bonds. The van der Waals surface area contributed by atoms with Crippen LogP contribution in [0.25, 0.3) is 0 Å². The summed E-state index contributed by atoms with van der Waals surface area (Å²) < 4.78 is 40.9. The van der Waals surface area contributed by atoms with Gasteiger partial charge in [-0.3, -0.25) is 9.59 Å². The summed E-state index contributed by atoms with van der Waals surface area (Å²) in [6, 6.07) is 7.67. The van der Waals surface area contributed by atoms with Gasteiger partial charge in [0.15, 0.2) is 5.92 Å². The minimum atomic E-state index is -4.63. The first-order valence-corrected chi connectivity index (χ1v) is 11.7. The number of aliphatic imine (C=N–C) groups is 2. The highest BCUT2D eigenvalue weighted by molar-refractivity contribution is 8.14. The molecule has 2 aliphatic heterocycles. The highest BCUT2D eigenvalue weighted by Gasteiger charge is 2.49. The number of amides is 4. The van der Waals surface area contributed by atoms with E-state index in [0.717, 1.165) is 28.8 Å². The standard InChI is InChI=1S/C21H16F3N5O3S2/c1-28-17-15(19(31)29(2)20(28)32)18(27-16(26-17)13-8-5-9-33-13)34-10-14(30)25-12-7-4-3-6-11(12)21(22,23)24/h3-9,15H,10H2,1-2H3/p+1.